The van der Waals surface area contributed by atoms with Crippen molar-refractivity contribution in [2.45, 2.75) is 0 Å². The van der Waals surface area contributed by atoms with E-state index in [1.54, 1.807) is 30.4 Å². The highest BCUT2D eigenvalue weighted by Gasteiger charge is 1.92. The first-order valence-corrected chi connectivity index (χ1v) is 5.98. The Kier molecular flexibility index (Phi) is 4.29. The normalized spacial score (nSPS) is 11.2. The predicted octanol–water partition coefficient (Wildman–Crippen LogP) is 3.69. The number of rotatable bonds is 4. The van der Waals surface area contributed by atoms with E-state index in [-0.39, 0.29) is 11.5 Å². The summed E-state index contributed by atoms with van der Waals surface area (Å²) in [5.41, 5.74) is 1.78. The summed E-state index contributed by atoms with van der Waals surface area (Å²) in [5.74, 6) is 0.0987. The van der Waals surface area contributed by atoms with Gasteiger partial charge in [0.2, 0.25) is 0 Å². The van der Waals surface area contributed by atoms with E-state index >= 15 is 0 Å². The molecule has 2 nitrogen and oxygen atoms in total. The van der Waals surface area contributed by atoms with E-state index in [1.165, 1.54) is 12.2 Å². The standard InChI is InChI=1S/C17H14O2/c18-16(11-9-14-5-2-1-3-6-14)12-10-15-7-4-8-17(19)13-15/h1-13,19H. The quantitative estimate of drug-likeness (QED) is 0.840. The first-order valence-electron chi connectivity index (χ1n) is 5.98. The van der Waals surface area contributed by atoms with Crippen molar-refractivity contribution in [1.29, 1.82) is 0 Å². The van der Waals surface area contributed by atoms with Gasteiger partial charge in [-0.25, -0.2) is 0 Å². The average Bonchev–Trinajstić information content (AvgIpc) is 2.44. The molecule has 1 N–H and O–H groups in total. The molecule has 0 spiro atoms. The molecule has 0 aliphatic heterocycles. The molecule has 94 valence electrons. The van der Waals surface area contributed by atoms with E-state index in [0.717, 1.165) is 11.1 Å². The first-order chi connectivity index (χ1) is 9.24. The van der Waals surface area contributed by atoms with Crippen LogP contribution in [-0.4, -0.2) is 10.9 Å². The maximum Gasteiger partial charge on any atom is 0.178 e. The zero-order valence-electron chi connectivity index (χ0n) is 10.4. The zero-order valence-corrected chi connectivity index (χ0v) is 10.4. The van der Waals surface area contributed by atoms with Gasteiger partial charge in [0.1, 0.15) is 5.75 Å². The average molecular weight is 250 g/mol. The summed E-state index contributed by atoms with van der Waals surface area (Å²) < 4.78 is 0. The molecule has 0 bridgehead atoms. The second kappa shape index (κ2) is 6.36. The lowest BCUT2D eigenvalue weighted by Crippen LogP contribution is -1.84. The highest BCUT2D eigenvalue weighted by Crippen LogP contribution is 2.12. The molecule has 19 heavy (non-hydrogen) atoms. The van der Waals surface area contributed by atoms with Gasteiger partial charge in [-0.05, 0) is 35.4 Å². The molecule has 0 saturated carbocycles. The molecule has 0 aliphatic carbocycles. The van der Waals surface area contributed by atoms with Crippen LogP contribution in [0.4, 0.5) is 0 Å². The Hall–Kier alpha value is -2.61. The minimum atomic E-state index is -0.0906. The van der Waals surface area contributed by atoms with Gasteiger partial charge in [-0.3, -0.25) is 4.79 Å². The Labute approximate surface area is 112 Å². The number of phenolic OH excluding ortho intramolecular Hbond substituents is 1. The lowest BCUT2D eigenvalue weighted by Gasteiger charge is -1.93. The molecule has 2 rings (SSSR count). The van der Waals surface area contributed by atoms with Gasteiger partial charge in [0.25, 0.3) is 0 Å². The molecule has 0 radical (unpaired) electrons. The Bertz CT molecular complexity index is 610. The Morgan fingerprint density at radius 3 is 2.16 bits per heavy atom. The third kappa shape index (κ3) is 4.28. The third-order valence-electron chi connectivity index (χ3n) is 2.55. The molecule has 0 aromatic heterocycles. The molecular weight excluding hydrogens is 236 g/mol. The van der Waals surface area contributed by atoms with Gasteiger partial charge in [-0.2, -0.15) is 0 Å². The van der Waals surface area contributed by atoms with Crippen molar-refractivity contribution in [3.63, 3.8) is 0 Å². The van der Waals surface area contributed by atoms with Crippen LogP contribution in [0.2, 0.25) is 0 Å². The molecule has 0 saturated heterocycles. The summed E-state index contributed by atoms with van der Waals surface area (Å²) in [4.78, 5) is 11.6. The maximum atomic E-state index is 11.6. The number of aromatic hydroxyl groups is 1. The van der Waals surface area contributed by atoms with Crippen LogP contribution in [0.3, 0.4) is 0 Å². The Balaban J connectivity index is 2.00. The number of hydrogen-bond acceptors (Lipinski definition) is 2. The highest BCUT2D eigenvalue weighted by atomic mass is 16.3. The van der Waals surface area contributed by atoms with Crippen molar-refractivity contribution in [2.24, 2.45) is 0 Å². The summed E-state index contributed by atoms with van der Waals surface area (Å²) in [6.07, 6.45) is 6.45. The van der Waals surface area contributed by atoms with Gasteiger partial charge >= 0.3 is 0 Å². The van der Waals surface area contributed by atoms with Crippen LogP contribution in [0.5, 0.6) is 5.75 Å². The van der Waals surface area contributed by atoms with Crippen LogP contribution >= 0.6 is 0 Å². The Morgan fingerprint density at radius 2 is 1.47 bits per heavy atom. The van der Waals surface area contributed by atoms with Crippen molar-refractivity contribution in [3.05, 3.63) is 77.9 Å². The zero-order chi connectivity index (χ0) is 13.5. The topological polar surface area (TPSA) is 37.3 Å². The molecule has 2 aromatic rings. The minimum absolute atomic E-state index is 0.0906. The minimum Gasteiger partial charge on any atom is -0.508 e. The molecule has 0 fully saturated rings. The van der Waals surface area contributed by atoms with Crippen molar-refractivity contribution < 1.29 is 9.90 Å². The smallest absolute Gasteiger partial charge is 0.178 e. The van der Waals surface area contributed by atoms with Crippen LogP contribution in [0, 0.1) is 0 Å². The monoisotopic (exact) mass is 250 g/mol. The van der Waals surface area contributed by atoms with Crippen molar-refractivity contribution in [2.75, 3.05) is 0 Å². The molecule has 0 unspecified atom stereocenters. The first kappa shape index (κ1) is 12.8. The number of carbonyl (C=O) groups is 1. The Morgan fingerprint density at radius 1 is 0.842 bits per heavy atom. The summed E-state index contributed by atoms with van der Waals surface area (Å²) in [5, 5.41) is 9.30. The fraction of sp³-hybridized carbons (Fsp3) is 0. The van der Waals surface area contributed by atoms with Crippen LogP contribution in [0.15, 0.2) is 66.7 Å². The van der Waals surface area contributed by atoms with Gasteiger partial charge in [0, 0.05) is 0 Å². The molecule has 0 atom stereocenters. The second-order valence-corrected chi connectivity index (χ2v) is 4.07. The molecule has 0 heterocycles. The fourth-order valence-electron chi connectivity index (χ4n) is 1.60. The summed E-state index contributed by atoms with van der Waals surface area (Å²) >= 11 is 0. The summed E-state index contributed by atoms with van der Waals surface area (Å²) in [7, 11) is 0. The van der Waals surface area contributed by atoms with Gasteiger partial charge in [0.05, 0.1) is 0 Å². The van der Waals surface area contributed by atoms with Crippen LogP contribution in [-0.2, 0) is 4.79 Å². The largest absolute Gasteiger partial charge is 0.508 e. The van der Waals surface area contributed by atoms with Crippen molar-refractivity contribution >= 4 is 17.9 Å². The van der Waals surface area contributed by atoms with E-state index in [2.05, 4.69) is 0 Å². The van der Waals surface area contributed by atoms with Crippen LogP contribution in [0.1, 0.15) is 11.1 Å². The number of benzene rings is 2. The lowest BCUT2D eigenvalue weighted by atomic mass is 10.1. The van der Waals surface area contributed by atoms with Crippen LogP contribution < -0.4 is 0 Å². The van der Waals surface area contributed by atoms with Gasteiger partial charge in [-0.15, -0.1) is 0 Å². The number of allylic oxidation sites excluding steroid dienone is 2. The third-order valence-corrected chi connectivity index (χ3v) is 2.55. The molecule has 0 amide bonds. The molecule has 2 heteroatoms. The van der Waals surface area contributed by atoms with Gasteiger partial charge in [-0.1, -0.05) is 54.6 Å². The second-order valence-electron chi connectivity index (χ2n) is 4.07. The number of carbonyl (C=O) groups excluding carboxylic acids is 1. The van der Waals surface area contributed by atoms with Crippen molar-refractivity contribution in [3.8, 4) is 5.75 Å². The lowest BCUT2D eigenvalue weighted by molar-refractivity contribution is -0.110. The highest BCUT2D eigenvalue weighted by molar-refractivity contribution is 6.04. The number of phenols is 1. The molecule has 0 aliphatic rings. The van der Waals surface area contributed by atoms with Crippen LogP contribution in [0.25, 0.3) is 12.2 Å². The van der Waals surface area contributed by atoms with E-state index in [0.29, 0.717) is 0 Å². The predicted molar refractivity (Wildman–Crippen MR) is 77.6 cm³/mol. The molecule has 2 aromatic carbocycles. The SMILES string of the molecule is O=C(C=Cc1ccccc1)C=Cc1cccc(O)c1. The number of ketones is 1. The van der Waals surface area contributed by atoms with Crippen molar-refractivity contribution in [1.82, 2.24) is 0 Å². The van der Waals surface area contributed by atoms with E-state index in [1.807, 2.05) is 36.4 Å². The summed E-state index contributed by atoms with van der Waals surface area (Å²) in [6.45, 7) is 0. The van der Waals surface area contributed by atoms with Gasteiger partial charge < -0.3 is 5.11 Å². The van der Waals surface area contributed by atoms with E-state index in [9.17, 15) is 9.90 Å². The van der Waals surface area contributed by atoms with Gasteiger partial charge in [0.15, 0.2) is 5.78 Å². The van der Waals surface area contributed by atoms with E-state index in [4.69, 9.17) is 0 Å². The molecular formula is C17H14O2. The van der Waals surface area contributed by atoms with E-state index < -0.39 is 0 Å². The fourth-order valence-corrected chi connectivity index (χ4v) is 1.60. The number of hydrogen-bond donors (Lipinski definition) is 1. The summed E-state index contributed by atoms with van der Waals surface area (Å²) in [6, 6.07) is 16.4. The maximum absolute atomic E-state index is 11.6.